The van der Waals surface area contributed by atoms with E-state index < -0.39 is 4.92 Å². The van der Waals surface area contributed by atoms with Crippen LogP contribution < -0.4 is 10.1 Å². The topological polar surface area (TPSA) is 64.4 Å². The van der Waals surface area contributed by atoms with Gasteiger partial charge in [-0.25, -0.2) is 0 Å². The molecule has 0 aromatic heterocycles. The average Bonchev–Trinajstić information content (AvgIpc) is 3.31. The fourth-order valence-corrected chi connectivity index (χ4v) is 2.05. The maximum atomic E-state index is 10.9. The van der Waals surface area contributed by atoms with Crippen molar-refractivity contribution in [2.45, 2.75) is 25.4 Å². The van der Waals surface area contributed by atoms with Crippen LogP contribution in [-0.4, -0.2) is 11.0 Å². The minimum Gasteiger partial charge on any atom is -0.450 e. The molecule has 2 aromatic carbocycles. The number of nitrogens with one attached hydrogen (secondary N) is 1. The third-order valence-electron chi connectivity index (χ3n) is 3.39. The van der Waals surface area contributed by atoms with Gasteiger partial charge in [-0.3, -0.25) is 10.1 Å². The smallest absolute Gasteiger partial charge is 0.311 e. The first-order chi connectivity index (χ1) is 10.2. The lowest BCUT2D eigenvalue weighted by molar-refractivity contribution is -0.385. The van der Waals surface area contributed by atoms with Gasteiger partial charge in [0.1, 0.15) is 5.75 Å². The number of ether oxygens (including phenoxy) is 1. The van der Waals surface area contributed by atoms with E-state index in [1.54, 1.807) is 18.2 Å². The molecule has 0 unspecified atom stereocenters. The van der Waals surface area contributed by atoms with Gasteiger partial charge in [-0.05, 0) is 36.6 Å². The van der Waals surface area contributed by atoms with Gasteiger partial charge in [0.05, 0.1) is 4.92 Å². The normalized spacial score (nSPS) is 13.9. The zero-order valence-corrected chi connectivity index (χ0v) is 11.5. The molecule has 0 saturated heterocycles. The van der Waals surface area contributed by atoms with Crippen molar-refractivity contribution in [1.82, 2.24) is 5.32 Å². The second-order valence-corrected chi connectivity index (χ2v) is 5.13. The Kier molecular flexibility index (Phi) is 3.83. The van der Waals surface area contributed by atoms with Gasteiger partial charge in [0, 0.05) is 18.7 Å². The highest BCUT2D eigenvalue weighted by Crippen LogP contribution is 2.30. The lowest BCUT2D eigenvalue weighted by Gasteiger charge is -2.07. The summed E-state index contributed by atoms with van der Waals surface area (Å²) in [6.07, 6.45) is 2.53. The van der Waals surface area contributed by atoms with Crippen molar-refractivity contribution >= 4 is 5.69 Å². The number of nitro benzene ring substituents is 1. The van der Waals surface area contributed by atoms with Gasteiger partial charge in [-0.1, -0.05) is 24.3 Å². The maximum Gasteiger partial charge on any atom is 0.311 e. The Morgan fingerprint density at radius 1 is 1.14 bits per heavy atom. The summed E-state index contributed by atoms with van der Waals surface area (Å²) in [5.41, 5.74) is 1.15. The largest absolute Gasteiger partial charge is 0.450 e. The van der Waals surface area contributed by atoms with Crippen molar-refractivity contribution < 1.29 is 9.66 Å². The number of benzene rings is 2. The second kappa shape index (κ2) is 5.93. The van der Waals surface area contributed by atoms with Gasteiger partial charge >= 0.3 is 5.69 Å². The van der Waals surface area contributed by atoms with Crippen LogP contribution in [0.25, 0.3) is 0 Å². The van der Waals surface area contributed by atoms with Crippen molar-refractivity contribution in [3.63, 3.8) is 0 Å². The third-order valence-corrected chi connectivity index (χ3v) is 3.39. The van der Waals surface area contributed by atoms with Crippen LogP contribution in [0.15, 0.2) is 48.5 Å². The Morgan fingerprint density at radius 2 is 1.86 bits per heavy atom. The monoisotopic (exact) mass is 284 g/mol. The Balaban J connectivity index is 1.68. The van der Waals surface area contributed by atoms with Gasteiger partial charge in [0.25, 0.3) is 0 Å². The molecule has 5 heteroatoms. The van der Waals surface area contributed by atoms with Crippen LogP contribution in [0.1, 0.15) is 18.4 Å². The lowest BCUT2D eigenvalue weighted by atomic mass is 10.2. The van der Waals surface area contributed by atoms with E-state index in [4.69, 9.17) is 4.74 Å². The average molecular weight is 284 g/mol. The first kappa shape index (κ1) is 13.6. The maximum absolute atomic E-state index is 10.9. The zero-order valence-electron chi connectivity index (χ0n) is 11.5. The molecule has 2 aromatic rings. The van der Waals surface area contributed by atoms with Crippen LogP contribution in [0.3, 0.4) is 0 Å². The Morgan fingerprint density at radius 3 is 2.52 bits per heavy atom. The van der Waals surface area contributed by atoms with Gasteiger partial charge < -0.3 is 10.1 Å². The van der Waals surface area contributed by atoms with Crippen molar-refractivity contribution in [3.8, 4) is 11.5 Å². The van der Waals surface area contributed by atoms with Gasteiger partial charge in [-0.2, -0.15) is 0 Å². The molecule has 0 aliphatic heterocycles. The SMILES string of the molecule is O=[N+]([O-])c1ccccc1Oc1ccc(CNC2CC2)cc1. The van der Waals surface area contributed by atoms with E-state index in [1.807, 2.05) is 24.3 Å². The highest BCUT2D eigenvalue weighted by atomic mass is 16.6. The molecule has 1 fully saturated rings. The van der Waals surface area contributed by atoms with Crippen molar-refractivity contribution in [1.29, 1.82) is 0 Å². The number of hydrogen-bond acceptors (Lipinski definition) is 4. The van der Waals surface area contributed by atoms with Crippen LogP contribution >= 0.6 is 0 Å². The number of rotatable bonds is 6. The summed E-state index contributed by atoms with van der Waals surface area (Å²) in [7, 11) is 0. The molecule has 0 heterocycles. The molecule has 0 atom stereocenters. The standard InChI is InChI=1S/C16H16N2O3/c19-18(20)15-3-1-2-4-16(15)21-14-9-5-12(6-10-14)11-17-13-7-8-13/h1-6,9-10,13,17H,7-8,11H2. The van der Waals surface area contributed by atoms with Crippen LogP contribution in [-0.2, 0) is 6.54 Å². The molecule has 0 amide bonds. The number of hydrogen-bond donors (Lipinski definition) is 1. The highest BCUT2D eigenvalue weighted by molar-refractivity contribution is 5.48. The molecule has 0 spiro atoms. The number of para-hydroxylation sites is 2. The van der Waals surface area contributed by atoms with E-state index in [9.17, 15) is 10.1 Å². The Labute approximate surface area is 122 Å². The predicted molar refractivity (Wildman–Crippen MR) is 79.5 cm³/mol. The molecule has 1 saturated carbocycles. The van der Waals surface area contributed by atoms with Crippen molar-refractivity contribution in [3.05, 3.63) is 64.2 Å². The molecular weight excluding hydrogens is 268 g/mol. The Hall–Kier alpha value is -2.40. The number of nitro groups is 1. The molecule has 5 nitrogen and oxygen atoms in total. The van der Waals surface area contributed by atoms with E-state index in [2.05, 4.69) is 5.32 Å². The Bertz CT molecular complexity index is 636. The van der Waals surface area contributed by atoms with Gasteiger partial charge in [-0.15, -0.1) is 0 Å². The predicted octanol–water partition coefficient (Wildman–Crippen LogP) is 3.64. The molecule has 0 bridgehead atoms. The summed E-state index contributed by atoms with van der Waals surface area (Å²) in [5.74, 6) is 0.853. The summed E-state index contributed by atoms with van der Waals surface area (Å²) in [6, 6.07) is 14.7. The van der Waals surface area contributed by atoms with Crippen LogP contribution in [0, 0.1) is 10.1 Å². The minimum absolute atomic E-state index is 0.0306. The molecule has 1 aliphatic carbocycles. The molecular formula is C16H16N2O3. The van der Waals surface area contributed by atoms with E-state index in [1.165, 1.54) is 24.5 Å². The highest BCUT2D eigenvalue weighted by Gasteiger charge is 2.19. The molecule has 0 radical (unpaired) electrons. The molecule has 3 rings (SSSR count). The van der Waals surface area contributed by atoms with Crippen LogP contribution in [0.4, 0.5) is 5.69 Å². The summed E-state index contributed by atoms with van der Waals surface area (Å²) < 4.78 is 5.60. The second-order valence-electron chi connectivity index (χ2n) is 5.13. The molecule has 1 N–H and O–H groups in total. The summed E-state index contributed by atoms with van der Waals surface area (Å²) in [5, 5.41) is 14.4. The fraction of sp³-hybridized carbons (Fsp3) is 0.250. The lowest BCUT2D eigenvalue weighted by Crippen LogP contribution is -2.14. The van der Waals surface area contributed by atoms with Gasteiger partial charge in [0.15, 0.2) is 0 Å². The zero-order chi connectivity index (χ0) is 14.7. The molecule has 108 valence electrons. The number of nitrogens with zero attached hydrogens (tertiary/aromatic N) is 1. The summed E-state index contributed by atoms with van der Waals surface area (Å²) >= 11 is 0. The van der Waals surface area contributed by atoms with Crippen LogP contribution in [0.2, 0.25) is 0 Å². The minimum atomic E-state index is -0.441. The van der Waals surface area contributed by atoms with E-state index in [0.717, 1.165) is 6.54 Å². The summed E-state index contributed by atoms with van der Waals surface area (Å²) in [6.45, 7) is 0.844. The van der Waals surface area contributed by atoms with E-state index in [-0.39, 0.29) is 11.4 Å². The van der Waals surface area contributed by atoms with Gasteiger partial charge in [0.2, 0.25) is 5.75 Å². The van der Waals surface area contributed by atoms with E-state index >= 15 is 0 Å². The van der Waals surface area contributed by atoms with Crippen molar-refractivity contribution in [2.24, 2.45) is 0 Å². The molecule has 1 aliphatic rings. The quantitative estimate of drug-likeness (QED) is 0.649. The first-order valence-corrected chi connectivity index (χ1v) is 6.96. The van der Waals surface area contributed by atoms with Crippen molar-refractivity contribution in [2.75, 3.05) is 0 Å². The summed E-state index contributed by atoms with van der Waals surface area (Å²) in [4.78, 5) is 10.5. The van der Waals surface area contributed by atoms with Crippen LogP contribution in [0.5, 0.6) is 11.5 Å². The fourth-order valence-electron chi connectivity index (χ4n) is 2.05. The van der Waals surface area contributed by atoms with E-state index in [0.29, 0.717) is 11.8 Å². The first-order valence-electron chi connectivity index (χ1n) is 6.96. The molecule has 21 heavy (non-hydrogen) atoms. The third kappa shape index (κ3) is 3.58.